The number of carbonyl (C=O) groups is 2. The van der Waals surface area contributed by atoms with Crippen LogP contribution in [0.5, 0.6) is 0 Å². The summed E-state index contributed by atoms with van der Waals surface area (Å²) in [6.07, 6.45) is 1.51. The van der Waals surface area contributed by atoms with E-state index in [1.54, 1.807) is 7.11 Å². The van der Waals surface area contributed by atoms with Crippen molar-refractivity contribution >= 4 is 17.6 Å². The second-order valence-electron chi connectivity index (χ2n) is 4.99. The number of carboxylic acids is 1. The first-order valence-electron chi connectivity index (χ1n) is 7.40. The van der Waals surface area contributed by atoms with Gasteiger partial charge in [-0.2, -0.15) is 0 Å². The highest BCUT2D eigenvalue weighted by Crippen LogP contribution is 2.10. The monoisotopic (exact) mass is 308 g/mol. The van der Waals surface area contributed by atoms with Gasteiger partial charge in [-0.05, 0) is 37.1 Å². The molecular weight excluding hydrogens is 284 g/mol. The minimum atomic E-state index is -1.03. The Balaban J connectivity index is 2.46. The zero-order valence-corrected chi connectivity index (χ0v) is 13.1. The van der Waals surface area contributed by atoms with Gasteiger partial charge in [0.25, 0.3) is 0 Å². The molecule has 0 fully saturated rings. The molecule has 0 spiro atoms. The van der Waals surface area contributed by atoms with Crippen LogP contribution in [0, 0.1) is 0 Å². The number of hydrogen-bond acceptors (Lipinski definition) is 4. The van der Waals surface area contributed by atoms with Crippen LogP contribution in [0.1, 0.15) is 25.3 Å². The summed E-state index contributed by atoms with van der Waals surface area (Å²) < 4.78 is 4.90. The third kappa shape index (κ3) is 6.69. The van der Waals surface area contributed by atoms with Crippen LogP contribution in [-0.4, -0.2) is 43.3 Å². The average Bonchev–Trinajstić information content (AvgIpc) is 2.51. The van der Waals surface area contributed by atoms with Crippen LogP contribution in [0.3, 0.4) is 0 Å². The van der Waals surface area contributed by atoms with Gasteiger partial charge in [0.15, 0.2) is 0 Å². The summed E-state index contributed by atoms with van der Waals surface area (Å²) in [5, 5.41) is 14.7. The highest BCUT2D eigenvalue weighted by molar-refractivity contribution is 5.94. The number of rotatable bonds is 10. The number of aryl methyl sites for hydroxylation is 1. The Morgan fingerprint density at radius 1 is 1.27 bits per heavy atom. The number of aliphatic carboxylic acids is 1. The topological polar surface area (TPSA) is 87.7 Å². The molecule has 0 aromatic heterocycles. The van der Waals surface area contributed by atoms with E-state index in [-0.39, 0.29) is 12.3 Å². The molecule has 22 heavy (non-hydrogen) atoms. The van der Waals surface area contributed by atoms with Gasteiger partial charge in [-0.3, -0.25) is 9.59 Å². The Labute approximate surface area is 130 Å². The predicted molar refractivity (Wildman–Crippen MR) is 85.0 cm³/mol. The zero-order valence-electron chi connectivity index (χ0n) is 13.1. The molecule has 0 bridgehead atoms. The Morgan fingerprint density at radius 3 is 2.50 bits per heavy atom. The molecule has 0 saturated heterocycles. The molecule has 1 aromatic carbocycles. The van der Waals surface area contributed by atoms with E-state index in [2.05, 4.69) is 17.6 Å². The van der Waals surface area contributed by atoms with Gasteiger partial charge in [0.05, 0.1) is 6.42 Å². The molecule has 1 amide bonds. The fraction of sp³-hybridized carbons (Fsp3) is 0.500. The molecule has 0 saturated carbocycles. The van der Waals surface area contributed by atoms with Gasteiger partial charge in [0.2, 0.25) is 5.91 Å². The molecule has 1 unspecified atom stereocenters. The van der Waals surface area contributed by atoms with E-state index in [4.69, 9.17) is 9.84 Å². The summed E-state index contributed by atoms with van der Waals surface area (Å²) in [4.78, 5) is 23.1. The van der Waals surface area contributed by atoms with Gasteiger partial charge >= 0.3 is 5.97 Å². The van der Waals surface area contributed by atoms with Crippen molar-refractivity contribution in [2.45, 2.75) is 32.2 Å². The van der Waals surface area contributed by atoms with Crippen molar-refractivity contribution in [1.82, 2.24) is 5.32 Å². The Hall–Kier alpha value is -1.92. The summed E-state index contributed by atoms with van der Waals surface area (Å²) in [5.74, 6) is -1.36. The lowest BCUT2D eigenvalue weighted by Crippen LogP contribution is -2.40. The maximum absolute atomic E-state index is 11.9. The summed E-state index contributed by atoms with van der Waals surface area (Å²) in [6.45, 7) is 3.10. The van der Waals surface area contributed by atoms with E-state index >= 15 is 0 Å². The molecule has 0 radical (unpaired) electrons. The van der Waals surface area contributed by atoms with Gasteiger partial charge in [0, 0.05) is 19.4 Å². The van der Waals surface area contributed by atoms with Crippen molar-refractivity contribution in [1.29, 1.82) is 0 Å². The van der Waals surface area contributed by atoms with E-state index in [9.17, 15) is 9.59 Å². The predicted octanol–water partition coefficient (Wildman–Crippen LogP) is 1.66. The molecule has 122 valence electrons. The van der Waals surface area contributed by atoms with Crippen LogP contribution in [0.25, 0.3) is 0 Å². The summed E-state index contributed by atoms with van der Waals surface area (Å²) >= 11 is 0. The molecule has 0 aliphatic rings. The van der Waals surface area contributed by atoms with Crippen LogP contribution in [-0.2, 0) is 20.7 Å². The average molecular weight is 308 g/mol. The minimum absolute atomic E-state index is 0.113. The van der Waals surface area contributed by atoms with E-state index in [1.165, 1.54) is 5.56 Å². The first-order chi connectivity index (χ1) is 10.6. The van der Waals surface area contributed by atoms with E-state index < -0.39 is 12.0 Å². The van der Waals surface area contributed by atoms with Gasteiger partial charge in [-0.1, -0.05) is 19.1 Å². The number of carboxylic acid groups (broad SMARTS) is 1. The largest absolute Gasteiger partial charge is 0.480 e. The normalized spacial score (nSPS) is 11.9. The molecule has 1 atom stereocenters. The summed E-state index contributed by atoms with van der Waals surface area (Å²) in [5.41, 5.74) is 1.85. The Morgan fingerprint density at radius 2 is 1.95 bits per heavy atom. The molecule has 0 aliphatic heterocycles. The third-order valence-corrected chi connectivity index (χ3v) is 3.25. The van der Waals surface area contributed by atoms with Gasteiger partial charge in [0.1, 0.15) is 6.04 Å². The van der Waals surface area contributed by atoms with Crippen molar-refractivity contribution in [3.05, 3.63) is 29.8 Å². The fourth-order valence-corrected chi connectivity index (χ4v) is 1.96. The second-order valence-corrected chi connectivity index (χ2v) is 4.99. The lowest BCUT2D eigenvalue weighted by atomic mass is 10.1. The molecule has 0 heterocycles. The smallest absolute Gasteiger partial charge is 0.321 e. The van der Waals surface area contributed by atoms with E-state index in [0.29, 0.717) is 25.3 Å². The van der Waals surface area contributed by atoms with Crippen molar-refractivity contribution in [3.8, 4) is 0 Å². The van der Waals surface area contributed by atoms with Crippen LogP contribution in [0.4, 0.5) is 5.69 Å². The summed E-state index contributed by atoms with van der Waals surface area (Å²) in [7, 11) is 1.59. The van der Waals surface area contributed by atoms with Crippen molar-refractivity contribution < 1.29 is 19.4 Å². The third-order valence-electron chi connectivity index (χ3n) is 3.25. The number of hydrogen-bond donors (Lipinski definition) is 3. The van der Waals surface area contributed by atoms with Crippen LogP contribution in [0.15, 0.2) is 24.3 Å². The molecule has 6 nitrogen and oxygen atoms in total. The number of amides is 1. The number of benzene rings is 1. The minimum Gasteiger partial charge on any atom is -0.480 e. The number of ether oxygens (including phenoxy) is 1. The lowest BCUT2D eigenvalue weighted by Gasteiger charge is -2.14. The molecule has 3 N–H and O–H groups in total. The van der Waals surface area contributed by atoms with Crippen LogP contribution < -0.4 is 10.6 Å². The molecule has 1 rings (SSSR count). The van der Waals surface area contributed by atoms with Crippen LogP contribution in [0.2, 0.25) is 0 Å². The molecule has 6 heteroatoms. The van der Waals surface area contributed by atoms with Crippen LogP contribution >= 0.6 is 0 Å². The SMILES string of the molecule is CCc1ccc(NC(=O)CC(NCCCOC)C(=O)O)cc1. The molecular formula is C16H24N2O4. The fourth-order valence-electron chi connectivity index (χ4n) is 1.96. The molecule has 1 aromatic rings. The lowest BCUT2D eigenvalue weighted by molar-refractivity contribution is -0.141. The highest BCUT2D eigenvalue weighted by atomic mass is 16.5. The Bertz CT molecular complexity index is 474. The van der Waals surface area contributed by atoms with Gasteiger partial charge in [-0.25, -0.2) is 0 Å². The van der Waals surface area contributed by atoms with Gasteiger partial charge in [-0.15, -0.1) is 0 Å². The molecule has 0 aliphatic carbocycles. The van der Waals surface area contributed by atoms with Crippen molar-refractivity contribution in [2.24, 2.45) is 0 Å². The maximum Gasteiger partial charge on any atom is 0.321 e. The number of methoxy groups -OCH3 is 1. The first kappa shape index (κ1) is 18.1. The number of carbonyl (C=O) groups excluding carboxylic acids is 1. The summed E-state index contributed by atoms with van der Waals surface area (Å²) in [6, 6.07) is 6.62. The number of nitrogens with one attached hydrogen (secondary N) is 2. The van der Waals surface area contributed by atoms with Crippen molar-refractivity contribution in [3.63, 3.8) is 0 Å². The standard InChI is InChI=1S/C16H24N2O4/c1-3-12-5-7-13(8-6-12)18-15(19)11-14(16(20)21)17-9-4-10-22-2/h5-8,14,17H,3-4,9-11H2,1-2H3,(H,18,19)(H,20,21). The van der Waals surface area contributed by atoms with Gasteiger partial charge < -0.3 is 20.5 Å². The van der Waals surface area contributed by atoms with E-state index in [1.807, 2.05) is 24.3 Å². The first-order valence-corrected chi connectivity index (χ1v) is 7.40. The van der Waals surface area contributed by atoms with E-state index in [0.717, 1.165) is 6.42 Å². The quantitative estimate of drug-likeness (QED) is 0.572. The second kappa shape index (κ2) is 9.92. The number of anilines is 1. The Kier molecular flexibility index (Phi) is 8.17. The zero-order chi connectivity index (χ0) is 16.4. The highest BCUT2D eigenvalue weighted by Gasteiger charge is 2.20. The van der Waals surface area contributed by atoms with Crippen molar-refractivity contribution in [2.75, 3.05) is 25.6 Å². The maximum atomic E-state index is 11.9.